The molecular weight excluding hydrogens is 389 g/mol. The fraction of sp³-hybridized carbons (Fsp3) is 0.421. The van der Waals surface area contributed by atoms with Crippen LogP contribution in [0.15, 0.2) is 17.1 Å². The first-order valence-electron chi connectivity index (χ1n) is 9.08. The number of carboxylic acid groups (broad SMARTS) is 1. The average Bonchev–Trinajstić information content (AvgIpc) is 3.48. The van der Waals surface area contributed by atoms with E-state index in [2.05, 4.69) is 0 Å². The summed E-state index contributed by atoms with van der Waals surface area (Å²) in [6, 6.07) is 1.11. The van der Waals surface area contributed by atoms with Crippen LogP contribution in [0.5, 0.6) is 0 Å². The lowest BCUT2D eigenvalue weighted by atomic mass is 10.1. The molecule has 1 N–H and O–H groups in total. The number of halogens is 2. The molecule has 0 atom stereocenters. The predicted octanol–water partition coefficient (Wildman–Crippen LogP) is 2.50. The third-order valence-electron chi connectivity index (χ3n) is 5.40. The summed E-state index contributed by atoms with van der Waals surface area (Å²) in [7, 11) is 1.70. The summed E-state index contributed by atoms with van der Waals surface area (Å²) in [5.41, 5.74) is -0.657. The second kappa shape index (κ2) is 6.77. The summed E-state index contributed by atoms with van der Waals surface area (Å²) in [5.74, 6) is -2.08. The Morgan fingerprint density at radius 1 is 1.25 bits per heavy atom. The van der Waals surface area contributed by atoms with Gasteiger partial charge in [0.25, 0.3) is 0 Å². The molecule has 1 aliphatic heterocycles. The van der Waals surface area contributed by atoms with Gasteiger partial charge in [0.15, 0.2) is 0 Å². The molecule has 1 aromatic carbocycles. The largest absolute Gasteiger partial charge is 0.477 e. The number of carbonyl (C=O) groups is 2. The Balaban J connectivity index is 1.94. The molecule has 0 unspecified atom stereocenters. The van der Waals surface area contributed by atoms with Gasteiger partial charge in [0, 0.05) is 45.3 Å². The van der Waals surface area contributed by atoms with Gasteiger partial charge in [-0.3, -0.25) is 9.59 Å². The Bertz CT molecular complexity index is 1060. The quantitative estimate of drug-likeness (QED) is 0.845. The van der Waals surface area contributed by atoms with Crippen LogP contribution in [0.2, 0.25) is 5.02 Å². The maximum Gasteiger partial charge on any atom is 0.341 e. The summed E-state index contributed by atoms with van der Waals surface area (Å²) < 4.78 is 16.7. The molecule has 7 nitrogen and oxygen atoms in total. The molecule has 2 aromatic rings. The van der Waals surface area contributed by atoms with E-state index in [1.807, 2.05) is 0 Å². The molecule has 0 spiro atoms. The molecule has 2 heterocycles. The highest BCUT2D eigenvalue weighted by atomic mass is 35.5. The van der Waals surface area contributed by atoms with E-state index in [9.17, 15) is 19.5 Å². The van der Waals surface area contributed by atoms with Crippen molar-refractivity contribution < 1.29 is 19.1 Å². The van der Waals surface area contributed by atoms with Gasteiger partial charge in [-0.2, -0.15) is 0 Å². The van der Waals surface area contributed by atoms with Crippen molar-refractivity contribution in [3.8, 4) is 0 Å². The minimum Gasteiger partial charge on any atom is -0.477 e. The van der Waals surface area contributed by atoms with Gasteiger partial charge in [-0.1, -0.05) is 11.6 Å². The monoisotopic (exact) mass is 407 g/mol. The van der Waals surface area contributed by atoms with Gasteiger partial charge in [0.1, 0.15) is 11.4 Å². The minimum atomic E-state index is -1.35. The van der Waals surface area contributed by atoms with Crippen molar-refractivity contribution in [1.82, 2.24) is 9.47 Å². The molecule has 0 bridgehead atoms. The zero-order valence-corrected chi connectivity index (χ0v) is 16.0. The van der Waals surface area contributed by atoms with Gasteiger partial charge >= 0.3 is 5.97 Å². The first-order valence-corrected chi connectivity index (χ1v) is 9.46. The Labute approximate surface area is 164 Å². The fourth-order valence-electron chi connectivity index (χ4n) is 3.67. The zero-order valence-electron chi connectivity index (χ0n) is 15.2. The number of aromatic nitrogens is 1. The lowest BCUT2D eigenvalue weighted by Gasteiger charge is -2.26. The SMILES string of the molecule is CN1CCN(c2c(F)cc3c(=O)c(C(=O)O)cn(C4CC4)c3c2Cl)CCC1=O. The number of rotatable bonds is 3. The van der Waals surface area contributed by atoms with Crippen molar-refractivity contribution in [2.75, 3.05) is 31.6 Å². The summed E-state index contributed by atoms with van der Waals surface area (Å²) in [5, 5.41) is 9.38. The van der Waals surface area contributed by atoms with E-state index in [0.29, 0.717) is 25.2 Å². The number of hydrogen-bond acceptors (Lipinski definition) is 4. The number of pyridine rings is 1. The van der Waals surface area contributed by atoms with E-state index in [1.165, 1.54) is 6.20 Å². The van der Waals surface area contributed by atoms with Crippen LogP contribution in [-0.2, 0) is 4.79 Å². The van der Waals surface area contributed by atoms with Crippen molar-refractivity contribution in [3.05, 3.63) is 38.9 Å². The summed E-state index contributed by atoms with van der Waals surface area (Å²) >= 11 is 6.60. The minimum absolute atomic E-state index is 0.0270. The van der Waals surface area contributed by atoms with Crippen molar-refractivity contribution in [1.29, 1.82) is 0 Å². The van der Waals surface area contributed by atoms with Gasteiger partial charge in [0.05, 0.1) is 21.6 Å². The second-order valence-corrected chi connectivity index (χ2v) is 7.66. The summed E-state index contributed by atoms with van der Waals surface area (Å²) in [6.07, 6.45) is 3.21. The smallest absolute Gasteiger partial charge is 0.341 e. The van der Waals surface area contributed by atoms with Crippen molar-refractivity contribution in [2.45, 2.75) is 25.3 Å². The van der Waals surface area contributed by atoms with Crippen molar-refractivity contribution in [2.24, 2.45) is 0 Å². The Morgan fingerprint density at radius 3 is 2.61 bits per heavy atom. The first kappa shape index (κ1) is 18.7. The molecule has 0 radical (unpaired) electrons. The number of benzene rings is 1. The maximum atomic E-state index is 15.0. The van der Waals surface area contributed by atoms with Gasteiger partial charge in [-0.05, 0) is 18.9 Å². The van der Waals surface area contributed by atoms with Crippen LogP contribution >= 0.6 is 11.6 Å². The van der Waals surface area contributed by atoms with Crippen molar-refractivity contribution >= 4 is 40.1 Å². The highest BCUT2D eigenvalue weighted by Crippen LogP contribution is 2.42. The Hall–Kier alpha value is -2.61. The first-order chi connectivity index (χ1) is 13.3. The van der Waals surface area contributed by atoms with E-state index in [1.54, 1.807) is 21.4 Å². The van der Waals surface area contributed by atoms with Gasteiger partial charge in [-0.15, -0.1) is 0 Å². The number of likely N-dealkylation sites (N-methyl/N-ethyl adjacent to an activating group) is 1. The molecule has 4 rings (SSSR count). The van der Waals surface area contributed by atoms with E-state index < -0.39 is 22.8 Å². The Morgan fingerprint density at radius 2 is 1.96 bits per heavy atom. The number of aromatic carboxylic acids is 1. The van der Waals surface area contributed by atoms with Gasteiger partial charge in [0.2, 0.25) is 11.3 Å². The molecule has 9 heteroatoms. The number of amides is 1. The lowest BCUT2D eigenvalue weighted by molar-refractivity contribution is -0.129. The maximum absolute atomic E-state index is 15.0. The number of anilines is 1. The summed E-state index contributed by atoms with van der Waals surface area (Å²) in [6.45, 7) is 1.15. The van der Waals surface area contributed by atoms with Crippen LogP contribution in [0.3, 0.4) is 0 Å². The molecule has 148 valence electrons. The topological polar surface area (TPSA) is 82.8 Å². The number of fused-ring (bicyclic) bond motifs is 1. The molecule has 1 amide bonds. The number of hydrogen-bond donors (Lipinski definition) is 1. The van der Waals surface area contributed by atoms with Gasteiger partial charge in [-0.25, -0.2) is 9.18 Å². The van der Waals surface area contributed by atoms with Gasteiger partial charge < -0.3 is 19.5 Å². The molecule has 2 fully saturated rings. The second-order valence-electron chi connectivity index (χ2n) is 7.28. The fourth-order valence-corrected chi connectivity index (χ4v) is 4.08. The van der Waals surface area contributed by atoms with Crippen LogP contribution in [-0.4, -0.2) is 53.1 Å². The zero-order chi connectivity index (χ0) is 20.2. The molecular formula is C19H19ClFN3O4. The molecule has 2 aliphatic rings. The molecule has 1 aliphatic carbocycles. The van der Waals surface area contributed by atoms with Crippen LogP contribution < -0.4 is 10.3 Å². The van der Waals surface area contributed by atoms with E-state index in [-0.39, 0.29) is 34.5 Å². The van der Waals surface area contributed by atoms with E-state index in [4.69, 9.17) is 11.6 Å². The number of carbonyl (C=O) groups excluding carboxylic acids is 1. The normalized spacial score (nSPS) is 17.9. The number of carboxylic acids is 1. The molecule has 1 saturated heterocycles. The number of nitrogens with zero attached hydrogens (tertiary/aromatic N) is 3. The van der Waals surface area contributed by atoms with Crippen LogP contribution in [0.4, 0.5) is 10.1 Å². The van der Waals surface area contributed by atoms with Crippen LogP contribution in [0.1, 0.15) is 35.7 Å². The Kier molecular flexibility index (Phi) is 4.53. The van der Waals surface area contributed by atoms with Crippen molar-refractivity contribution in [3.63, 3.8) is 0 Å². The molecule has 1 aromatic heterocycles. The average molecular weight is 408 g/mol. The van der Waals surface area contributed by atoms with E-state index >= 15 is 4.39 Å². The highest BCUT2D eigenvalue weighted by molar-refractivity contribution is 6.38. The van der Waals surface area contributed by atoms with Crippen LogP contribution in [0.25, 0.3) is 10.9 Å². The lowest BCUT2D eigenvalue weighted by Crippen LogP contribution is -2.31. The summed E-state index contributed by atoms with van der Waals surface area (Å²) in [4.78, 5) is 39.3. The standard InChI is InChI=1S/C19H19ClFN3O4/c1-22-6-7-23(5-4-14(22)25)17-13(21)8-11-16(15(17)20)24(10-2-3-10)9-12(18(11)26)19(27)28/h8-10H,2-7H2,1H3,(H,27,28). The third-order valence-corrected chi connectivity index (χ3v) is 5.76. The molecule has 28 heavy (non-hydrogen) atoms. The predicted molar refractivity (Wildman–Crippen MR) is 103 cm³/mol. The van der Waals surface area contributed by atoms with E-state index in [0.717, 1.165) is 18.9 Å². The third kappa shape index (κ3) is 3.01. The van der Waals surface area contributed by atoms with Crippen LogP contribution in [0, 0.1) is 5.82 Å². The molecule has 1 saturated carbocycles. The highest BCUT2D eigenvalue weighted by Gasteiger charge is 2.31.